The number of likely N-dealkylation sites (N-methyl/N-ethyl adjacent to an activating group) is 1. The molecule has 0 saturated carbocycles. The van der Waals surface area contributed by atoms with Gasteiger partial charge in [0.2, 0.25) is 0 Å². The first-order valence-electron chi connectivity index (χ1n) is 7.53. The van der Waals surface area contributed by atoms with Gasteiger partial charge >= 0.3 is 0 Å². The van der Waals surface area contributed by atoms with Crippen LogP contribution in [0, 0.1) is 0 Å². The number of carbonyl (C=O) groups excluding carboxylic acids is 2. The molecular weight excluding hydrogens is 300 g/mol. The summed E-state index contributed by atoms with van der Waals surface area (Å²) >= 11 is 0. The Balaban J connectivity index is 1.83. The third-order valence-corrected chi connectivity index (χ3v) is 4.58. The van der Waals surface area contributed by atoms with Gasteiger partial charge in [-0.25, -0.2) is 0 Å². The number of anilines is 1. The number of hydrogen-bond acceptors (Lipinski definition) is 5. The lowest BCUT2D eigenvalue weighted by Crippen LogP contribution is -2.55. The van der Waals surface area contributed by atoms with Crippen LogP contribution in [-0.2, 0) is 4.79 Å². The van der Waals surface area contributed by atoms with E-state index >= 15 is 0 Å². The highest BCUT2D eigenvalue weighted by Crippen LogP contribution is 2.32. The van der Waals surface area contributed by atoms with E-state index in [0.29, 0.717) is 30.0 Å². The van der Waals surface area contributed by atoms with Gasteiger partial charge in [0.25, 0.3) is 11.8 Å². The van der Waals surface area contributed by atoms with E-state index in [0.717, 1.165) is 0 Å². The maximum Gasteiger partial charge on any atom is 0.264 e. The van der Waals surface area contributed by atoms with Crippen LogP contribution in [0.15, 0.2) is 18.2 Å². The number of benzene rings is 1. The molecule has 3 rings (SSSR count). The van der Waals surface area contributed by atoms with Gasteiger partial charge in [-0.15, -0.1) is 0 Å². The Hall–Kier alpha value is -2.12. The summed E-state index contributed by atoms with van der Waals surface area (Å²) in [4.78, 5) is 27.3. The monoisotopic (exact) mass is 320 g/mol. The number of aliphatic hydroxyl groups is 2. The first kappa shape index (κ1) is 15.8. The smallest absolute Gasteiger partial charge is 0.264 e. The van der Waals surface area contributed by atoms with Crippen molar-refractivity contribution in [1.29, 1.82) is 0 Å². The van der Waals surface area contributed by atoms with Crippen molar-refractivity contribution in [2.45, 2.75) is 25.0 Å². The van der Waals surface area contributed by atoms with Crippen LogP contribution in [0.2, 0.25) is 0 Å². The van der Waals surface area contributed by atoms with Crippen molar-refractivity contribution >= 4 is 17.5 Å². The average molecular weight is 320 g/mol. The predicted molar refractivity (Wildman–Crippen MR) is 82.5 cm³/mol. The lowest BCUT2D eigenvalue weighted by atomic mass is 9.90. The van der Waals surface area contributed by atoms with Crippen LogP contribution in [0.4, 0.5) is 5.69 Å². The zero-order chi connectivity index (χ0) is 16.8. The van der Waals surface area contributed by atoms with Crippen LogP contribution in [0.3, 0.4) is 0 Å². The van der Waals surface area contributed by atoms with Crippen molar-refractivity contribution in [1.82, 2.24) is 4.90 Å². The molecule has 124 valence electrons. The van der Waals surface area contributed by atoms with Crippen LogP contribution in [0.5, 0.6) is 5.75 Å². The number of hydrogen-bond donors (Lipinski definition) is 2. The molecule has 7 nitrogen and oxygen atoms in total. The second-order valence-corrected chi connectivity index (χ2v) is 6.30. The van der Waals surface area contributed by atoms with Crippen LogP contribution in [0.1, 0.15) is 23.7 Å². The lowest BCUT2D eigenvalue weighted by Gasteiger charge is -2.40. The van der Waals surface area contributed by atoms with Crippen molar-refractivity contribution in [3.63, 3.8) is 0 Å². The molecule has 1 aromatic rings. The number of nitrogens with zero attached hydrogens (tertiary/aromatic N) is 2. The largest absolute Gasteiger partial charge is 0.482 e. The number of carbonyl (C=O) groups is 2. The Bertz CT molecular complexity index is 658. The molecule has 0 bridgehead atoms. The van der Waals surface area contributed by atoms with Gasteiger partial charge in [0.05, 0.1) is 17.4 Å². The van der Waals surface area contributed by atoms with Gasteiger partial charge in [0, 0.05) is 25.7 Å². The molecule has 7 heteroatoms. The quantitative estimate of drug-likeness (QED) is 0.760. The number of rotatable bonds is 1. The van der Waals surface area contributed by atoms with E-state index in [4.69, 9.17) is 4.74 Å². The predicted octanol–water partition coefficient (Wildman–Crippen LogP) is -0.000400. The van der Waals surface area contributed by atoms with E-state index in [2.05, 4.69) is 0 Å². The minimum Gasteiger partial charge on any atom is -0.482 e. The summed E-state index contributed by atoms with van der Waals surface area (Å²) in [6, 6.07) is 4.93. The molecule has 2 atom stereocenters. The van der Waals surface area contributed by atoms with Gasteiger partial charge in [-0.2, -0.15) is 0 Å². The van der Waals surface area contributed by atoms with E-state index < -0.39 is 11.7 Å². The molecule has 0 aliphatic carbocycles. The van der Waals surface area contributed by atoms with Gasteiger partial charge in [0.15, 0.2) is 6.61 Å². The van der Waals surface area contributed by atoms with E-state index in [9.17, 15) is 19.8 Å². The third kappa shape index (κ3) is 2.77. The van der Waals surface area contributed by atoms with Crippen molar-refractivity contribution in [2.75, 3.05) is 31.6 Å². The highest BCUT2D eigenvalue weighted by atomic mass is 16.5. The Kier molecular flexibility index (Phi) is 3.77. The van der Waals surface area contributed by atoms with E-state index in [1.54, 1.807) is 32.2 Å². The molecule has 2 heterocycles. The van der Waals surface area contributed by atoms with E-state index in [1.165, 1.54) is 9.80 Å². The Morgan fingerprint density at radius 2 is 2.17 bits per heavy atom. The van der Waals surface area contributed by atoms with Crippen molar-refractivity contribution in [3.8, 4) is 5.75 Å². The fourth-order valence-corrected chi connectivity index (χ4v) is 2.80. The van der Waals surface area contributed by atoms with E-state index in [1.807, 2.05) is 0 Å². The highest BCUT2D eigenvalue weighted by molar-refractivity contribution is 6.01. The van der Waals surface area contributed by atoms with Crippen molar-refractivity contribution < 1.29 is 24.5 Å². The molecule has 1 fully saturated rings. The number of amides is 2. The zero-order valence-corrected chi connectivity index (χ0v) is 13.2. The number of β-amino-alcohol motifs (C(OH)–C–C–N with tert-alkyl or cyclic N) is 1. The van der Waals surface area contributed by atoms with Gasteiger partial charge in [-0.05, 0) is 31.5 Å². The minimum absolute atomic E-state index is 0.00973. The summed E-state index contributed by atoms with van der Waals surface area (Å²) < 4.78 is 5.34. The van der Waals surface area contributed by atoms with Crippen LogP contribution >= 0.6 is 0 Å². The summed E-state index contributed by atoms with van der Waals surface area (Å²) in [6.07, 6.45) is -0.669. The first-order chi connectivity index (χ1) is 10.8. The molecule has 0 aromatic heterocycles. The summed E-state index contributed by atoms with van der Waals surface area (Å²) in [7, 11) is 1.64. The SMILES string of the molecule is CN1C(=O)COc2ccc(C(=O)N3CC[C@@](C)(O)[C@@H](O)C3)cc21. The van der Waals surface area contributed by atoms with Crippen molar-refractivity contribution in [2.24, 2.45) is 0 Å². The summed E-state index contributed by atoms with van der Waals surface area (Å²) in [5, 5.41) is 19.9. The standard InChI is InChI=1S/C16H20N2O5/c1-16(22)5-6-18(8-13(16)19)15(21)10-3-4-12-11(7-10)17(2)14(20)9-23-12/h3-4,7,13,19,22H,5-6,8-9H2,1-2H3/t13-,16+/m0/s1. The highest BCUT2D eigenvalue weighted by Gasteiger charge is 2.38. The van der Waals surface area contributed by atoms with Gasteiger partial charge in [0.1, 0.15) is 5.75 Å². The van der Waals surface area contributed by atoms with Crippen LogP contribution in [0.25, 0.3) is 0 Å². The number of fused-ring (bicyclic) bond motifs is 1. The number of aliphatic hydroxyl groups excluding tert-OH is 1. The molecule has 2 aliphatic heterocycles. The Labute approximate surface area is 134 Å². The zero-order valence-electron chi connectivity index (χ0n) is 13.2. The Morgan fingerprint density at radius 1 is 1.43 bits per heavy atom. The molecule has 2 amide bonds. The summed E-state index contributed by atoms with van der Waals surface area (Å²) in [5.41, 5.74) is -0.202. The lowest BCUT2D eigenvalue weighted by molar-refractivity contribution is -0.121. The average Bonchev–Trinajstić information content (AvgIpc) is 2.53. The maximum absolute atomic E-state index is 12.6. The second kappa shape index (κ2) is 5.50. The van der Waals surface area contributed by atoms with Crippen LogP contribution < -0.4 is 9.64 Å². The van der Waals surface area contributed by atoms with Crippen LogP contribution in [-0.4, -0.2) is 65.4 Å². The molecule has 2 N–H and O–H groups in total. The number of piperidine rings is 1. The molecule has 1 aromatic carbocycles. The molecule has 1 saturated heterocycles. The first-order valence-corrected chi connectivity index (χ1v) is 7.53. The molecule has 2 aliphatic rings. The van der Waals surface area contributed by atoms with Gasteiger partial charge in [-0.3, -0.25) is 9.59 Å². The number of likely N-dealkylation sites (tertiary alicyclic amines) is 1. The normalized spacial score (nSPS) is 27.5. The summed E-state index contributed by atoms with van der Waals surface area (Å²) in [6.45, 7) is 2.00. The molecule has 0 radical (unpaired) electrons. The second-order valence-electron chi connectivity index (χ2n) is 6.30. The molecule has 0 spiro atoms. The number of ether oxygens (including phenoxy) is 1. The molecule has 0 unspecified atom stereocenters. The third-order valence-electron chi connectivity index (χ3n) is 4.58. The topological polar surface area (TPSA) is 90.3 Å². The van der Waals surface area contributed by atoms with E-state index in [-0.39, 0.29) is 25.0 Å². The fourth-order valence-electron chi connectivity index (χ4n) is 2.80. The minimum atomic E-state index is -1.17. The fraction of sp³-hybridized carbons (Fsp3) is 0.500. The maximum atomic E-state index is 12.6. The molecule has 23 heavy (non-hydrogen) atoms. The van der Waals surface area contributed by atoms with Gasteiger partial charge in [-0.1, -0.05) is 0 Å². The molecular formula is C16H20N2O5. The Morgan fingerprint density at radius 3 is 2.87 bits per heavy atom. The summed E-state index contributed by atoms with van der Waals surface area (Å²) in [5.74, 6) is 0.144. The van der Waals surface area contributed by atoms with Crippen molar-refractivity contribution in [3.05, 3.63) is 23.8 Å². The van der Waals surface area contributed by atoms with Gasteiger partial charge < -0.3 is 24.7 Å².